The molecule has 3 aromatic rings. The molecule has 2 saturated heterocycles. The van der Waals surface area contributed by atoms with Crippen LogP contribution in [0, 0.1) is 0 Å². The van der Waals surface area contributed by atoms with Crippen LogP contribution in [0.4, 0.5) is 11.4 Å². The highest BCUT2D eigenvalue weighted by Crippen LogP contribution is 2.31. The summed E-state index contributed by atoms with van der Waals surface area (Å²) >= 11 is 0. The van der Waals surface area contributed by atoms with Crippen molar-refractivity contribution in [3.05, 3.63) is 60.3 Å². The van der Waals surface area contributed by atoms with E-state index in [4.69, 9.17) is 0 Å². The Morgan fingerprint density at radius 2 is 1.61 bits per heavy atom. The molecule has 2 aliphatic heterocycles. The van der Waals surface area contributed by atoms with Gasteiger partial charge in [0, 0.05) is 49.1 Å². The number of piperidine rings is 1. The predicted octanol–water partition coefficient (Wildman–Crippen LogP) is 4.26. The van der Waals surface area contributed by atoms with Crippen molar-refractivity contribution in [2.24, 2.45) is 0 Å². The Kier molecular flexibility index (Phi) is 5.93. The van der Waals surface area contributed by atoms with Crippen LogP contribution in [0.2, 0.25) is 0 Å². The maximum absolute atomic E-state index is 13.5. The van der Waals surface area contributed by atoms with E-state index in [9.17, 15) is 13.2 Å². The summed E-state index contributed by atoms with van der Waals surface area (Å²) in [6.07, 6.45) is 6.93. The standard InChI is InChI=1S/C25H28N4O3S/c30-25(29-16-2-1-3-17-29)21-18-20(11-12-22(21)28-14-4-5-15-28)27-33(31,32)23-10-6-8-19-9-7-13-26-24(19)23/h6-13,18,27H,1-5,14-17H2. The highest BCUT2D eigenvalue weighted by Gasteiger charge is 2.26. The van der Waals surface area contributed by atoms with Gasteiger partial charge >= 0.3 is 0 Å². The van der Waals surface area contributed by atoms with Crippen molar-refractivity contribution >= 4 is 38.2 Å². The van der Waals surface area contributed by atoms with Crippen molar-refractivity contribution in [1.82, 2.24) is 9.88 Å². The first-order chi connectivity index (χ1) is 16.0. The van der Waals surface area contributed by atoms with E-state index in [1.54, 1.807) is 36.5 Å². The molecule has 2 aromatic carbocycles. The third kappa shape index (κ3) is 4.39. The van der Waals surface area contributed by atoms with E-state index in [0.717, 1.165) is 69.4 Å². The number of carbonyl (C=O) groups is 1. The Hall–Kier alpha value is -3.13. The predicted molar refractivity (Wildman–Crippen MR) is 130 cm³/mol. The largest absolute Gasteiger partial charge is 0.371 e. The second-order valence-corrected chi connectivity index (χ2v) is 10.4. The van der Waals surface area contributed by atoms with Gasteiger partial charge in [0.15, 0.2) is 0 Å². The number of fused-ring (bicyclic) bond motifs is 1. The zero-order valence-corrected chi connectivity index (χ0v) is 19.4. The molecule has 2 aliphatic rings. The highest BCUT2D eigenvalue weighted by atomic mass is 32.2. The normalized spacial score (nSPS) is 16.8. The van der Waals surface area contributed by atoms with Crippen molar-refractivity contribution in [1.29, 1.82) is 0 Å². The van der Waals surface area contributed by atoms with Crippen molar-refractivity contribution in [2.45, 2.75) is 37.0 Å². The summed E-state index contributed by atoms with van der Waals surface area (Å²) in [4.78, 5) is 22.0. The van der Waals surface area contributed by atoms with Crippen LogP contribution in [0.5, 0.6) is 0 Å². The van der Waals surface area contributed by atoms with Crippen LogP contribution >= 0.6 is 0 Å². The SMILES string of the molecule is O=C(c1cc(NS(=O)(=O)c2cccc3cccnc23)ccc1N1CCCC1)N1CCCCC1. The third-order valence-electron chi connectivity index (χ3n) is 6.45. The fourth-order valence-corrected chi connectivity index (χ4v) is 6.01. The molecular weight excluding hydrogens is 436 g/mol. The van der Waals surface area contributed by atoms with Crippen LogP contribution < -0.4 is 9.62 Å². The second kappa shape index (κ2) is 9.02. The van der Waals surface area contributed by atoms with E-state index in [1.807, 2.05) is 23.1 Å². The molecule has 0 radical (unpaired) electrons. The van der Waals surface area contributed by atoms with Crippen LogP contribution in [-0.2, 0) is 10.0 Å². The molecule has 1 aromatic heterocycles. The Bertz CT molecular complexity index is 1270. The summed E-state index contributed by atoms with van der Waals surface area (Å²) in [5.74, 6) is -0.0236. The Labute approximate surface area is 194 Å². The second-order valence-electron chi connectivity index (χ2n) is 8.72. The average molecular weight is 465 g/mol. The molecule has 5 rings (SSSR count). The molecule has 3 heterocycles. The summed E-state index contributed by atoms with van der Waals surface area (Å²) in [6, 6.07) is 14.0. The van der Waals surface area contributed by atoms with E-state index >= 15 is 0 Å². The molecule has 0 bridgehead atoms. The number of amides is 1. The molecule has 1 amide bonds. The van der Waals surface area contributed by atoms with Gasteiger partial charge in [-0.2, -0.15) is 0 Å². The summed E-state index contributed by atoms with van der Waals surface area (Å²) in [5, 5.41) is 0.755. The quantitative estimate of drug-likeness (QED) is 0.610. The minimum Gasteiger partial charge on any atom is -0.371 e. The number of hydrogen-bond donors (Lipinski definition) is 1. The van der Waals surface area contributed by atoms with Gasteiger partial charge in [0.2, 0.25) is 0 Å². The van der Waals surface area contributed by atoms with Gasteiger partial charge in [0.05, 0.1) is 11.1 Å². The minimum absolute atomic E-state index is 0.0236. The maximum atomic E-state index is 13.5. The van der Waals surface area contributed by atoms with Gasteiger partial charge in [0.25, 0.3) is 15.9 Å². The molecule has 7 nitrogen and oxygen atoms in total. The number of hydrogen-bond acceptors (Lipinski definition) is 5. The van der Waals surface area contributed by atoms with E-state index in [-0.39, 0.29) is 10.8 Å². The van der Waals surface area contributed by atoms with Crippen LogP contribution in [0.15, 0.2) is 59.6 Å². The topological polar surface area (TPSA) is 82.6 Å². The lowest BCUT2D eigenvalue weighted by molar-refractivity contribution is 0.0725. The number of anilines is 2. The monoisotopic (exact) mass is 464 g/mol. The first-order valence-corrected chi connectivity index (χ1v) is 13.1. The molecule has 0 atom stereocenters. The molecule has 1 N–H and O–H groups in total. The van der Waals surface area contributed by atoms with Crippen LogP contribution in [0.25, 0.3) is 10.9 Å². The van der Waals surface area contributed by atoms with E-state index < -0.39 is 10.0 Å². The molecule has 172 valence electrons. The van der Waals surface area contributed by atoms with Gasteiger partial charge in [-0.15, -0.1) is 0 Å². The number of carbonyl (C=O) groups excluding carboxylic acids is 1. The summed E-state index contributed by atoms with van der Waals surface area (Å²) < 4.78 is 29.3. The van der Waals surface area contributed by atoms with Gasteiger partial charge in [-0.1, -0.05) is 18.2 Å². The van der Waals surface area contributed by atoms with Crippen LogP contribution in [0.3, 0.4) is 0 Å². The first-order valence-electron chi connectivity index (χ1n) is 11.6. The fraction of sp³-hybridized carbons (Fsp3) is 0.360. The number of para-hydroxylation sites is 1. The third-order valence-corrected chi connectivity index (χ3v) is 7.87. The fourth-order valence-electron chi connectivity index (χ4n) is 4.78. The van der Waals surface area contributed by atoms with Crippen molar-refractivity contribution in [3.63, 3.8) is 0 Å². The summed E-state index contributed by atoms with van der Waals surface area (Å²) in [7, 11) is -3.89. The summed E-state index contributed by atoms with van der Waals surface area (Å²) in [6.45, 7) is 3.31. The molecule has 33 heavy (non-hydrogen) atoms. The molecule has 0 aliphatic carbocycles. The molecular formula is C25H28N4O3S. The van der Waals surface area contributed by atoms with Gasteiger partial charge in [0.1, 0.15) is 4.90 Å². The van der Waals surface area contributed by atoms with E-state index in [2.05, 4.69) is 14.6 Å². The number of nitrogens with one attached hydrogen (secondary N) is 1. The number of likely N-dealkylation sites (tertiary alicyclic amines) is 1. The average Bonchev–Trinajstić information content (AvgIpc) is 3.38. The number of rotatable bonds is 5. The first kappa shape index (κ1) is 21.7. The molecule has 8 heteroatoms. The van der Waals surface area contributed by atoms with Gasteiger partial charge in [-0.05, 0) is 62.4 Å². The number of aromatic nitrogens is 1. The summed E-state index contributed by atoms with van der Waals surface area (Å²) in [5.41, 5.74) is 2.25. The van der Waals surface area contributed by atoms with Crippen molar-refractivity contribution in [2.75, 3.05) is 35.8 Å². The number of sulfonamides is 1. The number of benzene rings is 2. The lowest BCUT2D eigenvalue weighted by Crippen LogP contribution is -2.36. The smallest absolute Gasteiger partial charge is 0.264 e. The minimum atomic E-state index is -3.89. The molecule has 2 fully saturated rings. The highest BCUT2D eigenvalue weighted by molar-refractivity contribution is 7.93. The molecule has 0 unspecified atom stereocenters. The number of pyridine rings is 1. The zero-order valence-electron chi connectivity index (χ0n) is 18.5. The lowest BCUT2D eigenvalue weighted by Gasteiger charge is -2.29. The van der Waals surface area contributed by atoms with E-state index in [1.165, 1.54) is 0 Å². The Morgan fingerprint density at radius 1 is 0.879 bits per heavy atom. The van der Waals surface area contributed by atoms with Crippen molar-refractivity contribution in [3.8, 4) is 0 Å². The van der Waals surface area contributed by atoms with E-state index in [0.29, 0.717) is 16.8 Å². The molecule has 0 saturated carbocycles. The van der Waals surface area contributed by atoms with Crippen molar-refractivity contribution < 1.29 is 13.2 Å². The molecule has 0 spiro atoms. The van der Waals surface area contributed by atoms with Crippen LogP contribution in [0.1, 0.15) is 42.5 Å². The Morgan fingerprint density at radius 3 is 2.39 bits per heavy atom. The maximum Gasteiger partial charge on any atom is 0.264 e. The Balaban J connectivity index is 1.51. The number of nitrogens with zero attached hydrogens (tertiary/aromatic N) is 3. The van der Waals surface area contributed by atoms with Gasteiger partial charge < -0.3 is 9.80 Å². The van der Waals surface area contributed by atoms with Crippen LogP contribution in [-0.4, -0.2) is 50.4 Å². The lowest BCUT2D eigenvalue weighted by atomic mass is 10.1. The zero-order chi connectivity index (χ0) is 22.8. The van der Waals surface area contributed by atoms with Gasteiger partial charge in [-0.25, -0.2) is 8.42 Å². The van der Waals surface area contributed by atoms with Gasteiger partial charge in [-0.3, -0.25) is 14.5 Å².